The van der Waals surface area contributed by atoms with Gasteiger partial charge in [0.05, 0.1) is 6.54 Å². The minimum Gasteiger partial charge on any atom is -0.349 e. The third-order valence-corrected chi connectivity index (χ3v) is 7.50. The van der Waals surface area contributed by atoms with Gasteiger partial charge in [0.15, 0.2) is 10.8 Å². The van der Waals surface area contributed by atoms with Crippen LogP contribution in [0, 0.1) is 6.92 Å². The summed E-state index contributed by atoms with van der Waals surface area (Å²) in [6.07, 6.45) is 7.70. The van der Waals surface area contributed by atoms with Gasteiger partial charge in [0.1, 0.15) is 5.52 Å². The van der Waals surface area contributed by atoms with E-state index in [0.717, 1.165) is 46.0 Å². The minimum absolute atomic E-state index is 0.0301. The van der Waals surface area contributed by atoms with E-state index in [1.165, 1.54) is 30.4 Å². The molecule has 2 aromatic heterocycles. The molecule has 0 aliphatic heterocycles. The molecule has 1 N–H and O–H groups in total. The Morgan fingerprint density at radius 2 is 1.74 bits per heavy atom. The molecule has 2 heterocycles. The maximum Gasteiger partial charge on any atom is 0.251 e. The summed E-state index contributed by atoms with van der Waals surface area (Å²) in [4.78, 5) is 22.1. The van der Waals surface area contributed by atoms with Crippen molar-refractivity contribution in [2.45, 2.75) is 62.5 Å². The molecule has 5 rings (SSSR count). The first-order valence-electron chi connectivity index (χ1n) is 12.0. The van der Waals surface area contributed by atoms with E-state index in [1.54, 1.807) is 11.8 Å². The van der Waals surface area contributed by atoms with Crippen molar-refractivity contribution in [2.24, 2.45) is 0 Å². The summed E-state index contributed by atoms with van der Waals surface area (Å²) in [5.74, 6) is 0.881. The molecular weight excluding hydrogens is 440 g/mol. The molecule has 0 spiro atoms. The van der Waals surface area contributed by atoms with E-state index in [9.17, 15) is 4.79 Å². The third kappa shape index (κ3) is 5.33. The van der Waals surface area contributed by atoms with Gasteiger partial charge in [-0.3, -0.25) is 9.36 Å². The normalized spacial score (nSPS) is 14.4. The van der Waals surface area contributed by atoms with Crippen LogP contribution in [0.2, 0.25) is 0 Å². The highest BCUT2D eigenvalue weighted by atomic mass is 32.2. The second kappa shape index (κ2) is 10.4. The number of thioether (sulfide) groups is 1. The highest BCUT2D eigenvalue weighted by Gasteiger charge is 2.17. The summed E-state index contributed by atoms with van der Waals surface area (Å²) in [5.41, 5.74) is 6.16. The average molecular weight is 471 g/mol. The van der Waals surface area contributed by atoms with Crippen molar-refractivity contribution in [3.63, 3.8) is 0 Å². The lowest BCUT2D eigenvalue weighted by atomic mass is 9.95. The van der Waals surface area contributed by atoms with Crippen LogP contribution in [0.5, 0.6) is 0 Å². The van der Waals surface area contributed by atoms with E-state index in [2.05, 4.69) is 46.1 Å². The maximum atomic E-state index is 12.7. The van der Waals surface area contributed by atoms with Crippen LogP contribution in [0.25, 0.3) is 11.2 Å². The van der Waals surface area contributed by atoms with Gasteiger partial charge in [0.25, 0.3) is 5.91 Å². The summed E-state index contributed by atoms with van der Waals surface area (Å²) in [5, 5.41) is 4.15. The van der Waals surface area contributed by atoms with Crippen molar-refractivity contribution in [3.8, 4) is 0 Å². The van der Waals surface area contributed by atoms with Crippen LogP contribution in [0.15, 0.2) is 72.0 Å². The lowest BCUT2D eigenvalue weighted by Gasteiger charge is -2.22. The van der Waals surface area contributed by atoms with Crippen molar-refractivity contribution in [3.05, 3.63) is 89.1 Å². The summed E-state index contributed by atoms with van der Waals surface area (Å²) in [6.45, 7) is 2.77. The zero-order chi connectivity index (χ0) is 23.3. The van der Waals surface area contributed by atoms with Gasteiger partial charge in [-0.2, -0.15) is 0 Å². The van der Waals surface area contributed by atoms with E-state index >= 15 is 0 Å². The van der Waals surface area contributed by atoms with E-state index in [0.29, 0.717) is 12.6 Å². The first-order valence-corrected chi connectivity index (χ1v) is 13.0. The van der Waals surface area contributed by atoms with Crippen molar-refractivity contribution in [1.82, 2.24) is 19.9 Å². The van der Waals surface area contributed by atoms with Crippen LogP contribution < -0.4 is 5.32 Å². The molecule has 2 aromatic carbocycles. The molecule has 4 aromatic rings. The van der Waals surface area contributed by atoms with Gasteiger partial charge >= 0.3 is 0 Å². The number of benzene rings is 2. The number of nitrogens with zero attached hydrogens (tertiary/aromatic N) is 3. The van der Waals surface area contributed by atoms with Gasteiger partial charge in [-0.15, -0.1) is 0 Å². The summed E-state index contributed by atoms with van der Waals surface area (Å²) < 4.78 is 2.17. The number of fused-ring (bicyclic) bond motifs is 1. The second-order valence-electron chi connectivity index (χ2n) is 9.11. The number of carbonyl (C=O) groups excluding carboxylic acids is 1. The molecule has 1 saturated carbocycles. The molecule has 1 amide bonds. The number of aryl methyl sites for hydroxylation is 1. The Hall–Kier alpha value is -3.12. The number of hydrogen-bond acceptors (Lipinski definition) is 4. The Morgan fingerprint density at radius 1 is 1.00 bits per heavy atom. The SMILES string of the molecule is Cc1ccc(CSc2nc3cccnc3n2Cc2ccc(C(=O)NC3CCCCC3)cc2)cc1. The van der Waals surface area contributed by atoms with Crippen LogP contribution >= 0.6 is 11.8 Å². The Kier molecular flexibility index (Phi) is 6.95. The van der Waals surface area contributed by atoms with Crippen molar-refractivity contribution in [2.75, 3.05) is 0 Å². The van der Waals surface area contributed by atoms with Crippen molar-refractivity contribution < 1.29 is 4.79 Å². The number of hydrogen-bond donors (Lipinski definition) is 1. The predicted molar refractivity (Wildman–Crippen MR) is 138 cm³/mol. The average Bonchev–Trinajstić information content (AvgIpc) is 3.22. The van der Waals surface area contributed by atoms with Crippen LogP contribution in [0.1, 0.15) is 59.2 Å². The van der Waals surface area contributed by atoms with Crippen LogP contribution in [-0.4, -0.2) is 26.5 Å². The lowest BCUT2D eigenvalue weighted by Crippen LogP contribution is -2.36. The van der Waals surface area contributed by atoms with Gasteiger partial charge in [0.2, 0.25) is 0 Å². The fraction of sp³-hybridized carbons (Fsp3) is 0.321. The van der Waals surface area contributed by atoms with Gasteiger partial charge in [0, 0.05) is 23.6 Å². The number of carbonyl (C=O) groups is 1. The second-order valence-corrected chi connectivity index (χ2v) is 10.0. The highest BCUT2D eigenvalue weighted by molar-refractivity contribution is 7.98. The quantitative estimate of drug-likeness (QED) is 0.330. The fourth-order valence-corrected chi connectivity index (χ4v) is 5.44. The standard InChI is InChI=1S/C28H30N4OS/c1-20-9-11-22(12-10-20)19-34-28-31-25-8-5-17-29-26(25)32(28)18-21-13-15-23(16-14-21)27(33)30-24-6-3-2-4-7-24/h5,8-17,24H,2-4,6-7,18-19H2,1H3,(H,30,33). The first-order chi connectivity index (χ1) is 16.7. The molecule has 5 nitrogen and oxygen atoms in total. The minimum atomic E-state index is 0.0301. The Morgan fingerprint density at radius 3 is 2.50 bits per heavy atom. The summed E-state index contributed by atoms with van der Waals surface area (Å²) >= 11 is 1.73. The number of rotatable bonds is 7. The van der Waals surface area contributed by atoms with Crippen LogP contribution in [0.3, 0.4) is 0 Å². The molecule has 0 radical (unpaired) electrons. The Balaban J connectivity index is 1.31. The molecule has 1 aliphatic carbocycles. The number of nitrogens with one attached hydrogen (secondary N) is 1. The Bertz CT molecular complexity index is 1260. The predicted octanol–water partition coefficient (Wildman–Crippen LogP) is 6.14. The molecule has 6 heteroatoms. The Labute approximate surface area is 205 Å². The first kappa shape index (κ1) is 22.7. The topological polar surface area (TPSA) is 59.8 Å². The molecular formula is C28H30N4OS. The van der Waals surface area contributed by atoms with E-state index < -0.39 is 0 Å². The number of imidazole rings is 1. The number of amides is 1. The monoisotopic (exact) mass is 470 g/mol. The molecule has 174 valence electrons. The fourth-order valence-electron chi connectivity index (χ4n) is 4.48. The van der Waals surface area contributed by atoms with Crippen LogP contribution in [-0.2, 0) is 12.3 Å². The molecule has 1 fully saturated rings. The van der Waals surface area contributed by atoms with Crippen molar-refractivity contribution in [1.29, 1.82) is 0 Å². The van der Waals surface area contributed by atoms with Gasteiger partial charge in [-0.1, -0.05) is 73.0 Å². The van der Waals surface area contributed by atoms with Crippen LogP contribution in [0.4, 0.5) is 0 Å². The third-order valence-electron chi connectivity index (χ3n) is 6.45. The smallest absolute Gasteiger partial charge is 0.251 e. The molecule has 0 saturated heterocycles. The lowest BCUT2D eigenvalue weighted by molar-refractivity contribution is 0.0927. The molecule has 1 aliphatic rings. The zero-order valence-electron chi connectivity index (χ0n) is 19.5. The molecule has 0 unspecified atom stereocenters. The molecule has 0 bridgehead atoms. The van der Waals surface area contributed by atoms with E-state index in [1.807, 2.05) is 42.6 Å². The number of pyridine rings is 1. The largest absolute Gasteiger partial charge is 0.349 e. The number of aromatic nitrogens is 3. The van der Waals surface area contributed by atoms with Gasteiger partial charge < -0.3 is 5.32 Å². The van der Waals surface area contributed by atoms with Crippen molar-refractivity contribution >= 4 is 28.8 Å². The van der Waals surface area contributed by atoms with Gasteiger partial charge in [-0.05, 0) is 55.2 Å². The molecule has 0 atom stereocenters. The maximum absolute atomic E-state index is 12.7. The zero-order valence-corrected chi connectivity index (χ0v) is 20.4. The molecule has 34 heavy (non-hydrogen) atoms. The van der Waals surface area contributed by atoms with Gasteiger partial charge in [-0.25, -0.2) is 9.97 Å². The summed E-state index contributed by atoms with van der Waals surface area (Å²) in [7, 11) is 0. The summed E-state index contributed by atoms with van der Waals surface area (Å²) in [6, 6.07) is 20.8. The van der Waals surface area contributed by atoms with E-state index in [-0.39, 0.29) is 5.91 Å². The van der Waals surface area contributed by atoms with E-state index in [4.69, 9.17) is 4.98 Å². The highest BCUT2D eigenvalue weighted by Crippen LogP contribution is 2.27.